The van der Waals surface area contributed by atoms with E-state index >= 15 is 0 Å². The summed E-state index contributed by atoms with van der Waals surface area (Å²) in [5.74, 6) is -2.60. The second-order valence-corrected chi connectivity index (χ2v) is 14.7. The molecular formula is C32H53N5O8. The second-order valence-electron chi connectivity index (χ2n) is 14.7. The lowest BCUT2D eigenvalue weighted by Gasteiger charge is -2.38. The lowest BCUT2D eigenvalue weighted by atomic mass is 9.85. The maximum atomic E-state index is 14.2. The molecule has 2 rings (SSSR count). The highest BCUT2D eigenvalue weighted by atomic mass is 16.7. The number of urea groups is 1. The van der Waals surface area contributed by atoms with Crippen LogP contribution in [0.2, 0.25) is 0 Å². The quantitative estimate of drug-likeness (QED) is 0.136. The number of nitrogens with one attached hydrogen (secondary N) is 4. The van der Waals surface area contributed by atoms with E-state index in [1.165, 1.54) is 18.1 Å². The van der Waals surface area contributed by atoms with Crippen molar-refractivity contribution in [3.05, 3.63) is 12.7 Å². The number of fused-ring (bicyclic) bond motifs is 1. The summed E-state index contributed by atoms with van der Waals surface area (Å²) in [4.78, 5) is 79.7. The molecule has 3 unspecified atom stereocenters. The Hall–Kier alpha value is -3.64. The number of ketones is 1. The first kappa shape index (κ1) is 37.5. The zero-order valence-electron chi connectivity index (χ0n) is 28.5. The average molecular weight is 636 g/mol. The highest BCUT2D eigenvalue weighted by Crippen LogP contribution is 2.65. The van der Waals surface area contributed by atoms with Crippen molar-refractivity contribution in [2.45, 2.75) is 99.3 Å². The standard InChI is InChI=1S/C32H53N5O8/c1-12-14-19(23(38)26(40)33-15-13-2)34-25(39)22-21-18(32(21,9)10)16-37(22)27(41)24(31(6,7)8)36-28(42)35-20(30(3,4)5)17-45-29(43)44-11/h13,18-22,24H,2,12,14-17H2,1,3-11H3,(H,33,40)(H,34,39)(H2,35,36,42)/t18-,19?,20+,21-,22?,24?/m0/s1. The van der Waals surface area contributed by atoms with E-state index in [1.807, 2.05) is 62.3 Å². The van der Waals surface area contributed by atoms with E-state index in [0.717, 1.165) is 0 Å². The van der Waals surface area contributed by atoms with Crippen LogP contribution in [0.25, 0.3) is 0 Å². The minimum atomic E-state index is -1.05. The number of likely N-dealkylation sites (tertiary alicyclic amines) is 1. The van der Waals surface area contributed by atoms with Crippen molar-refractivity contribution >= 4 is 35.7 Å². The molecule has 1 heterocycles. The van der Waals surface area contributed by atoms with Gasteiger partial charge in [0.05, 0.1) is 19.2 Å². The van der Waals surface area contributed by atoms with Crippen LogP contribution in [0.1, 0.15) is 75.2 Å². The van der Waals surface area contributed by atoms with Crippen molar-refractivity contribution in [2.75, 3.05) is 26.8 Å². The lowest BCUT2D eigenvalue weighted by molar-refractivity contribution is -0.145. The van der Waals surface area contributed by atoms with Gasteiger partial charge in [0.1, 0.15) is 18.7 Å². The Morgan fingerprint density at radius 1 is 1.00 bits per heavy atom. The maximum absolute atomic E-state index is 14.2. The third-order valence-electron chi connectivity index (χ3n) is 8.87. The van der Waals surface area contributed by atoms with E-state index in [9.17, 15) is 28.8 Å². The lowest BCUT2D eigenvalue weighted by Crippen LogP contribution is -2.62. The summed E-state index contributed by atoms with van der Waals surface area (Å²) in [5.41, 5.74) is -1.46. The Morgan fingerprint density at radius 2 is 1.62 bits per heavy atom. The molecule has 13 heteroatoms. The summed E-state index contributed by atoms with van der Waals surface area (Å²) in [6.07, 6.45) is 1.37. The number of hydrogen-bond donors (Lipinski definition) is 4. The SMILES string of the molecule is C=CCNC(=O)C(=O)C(CCC)NC(=O)C1[C@@H]2[C@H](CN1C(=O)C(NC(=O)N[C@H](COC(=O)OC)C(C)(C)C)C(C)(C)C)C2(C)C. The molecule has 2 fully saturated rings. The molecule has 0 aromatic rings. The van der Waals surface area contributed by atoms with Gasteiger partial charge in [-0.15, -0.1) is 6.58 Å². The van der Waals surface area contributed by atoms with E-state index < -0.39 is 70.7 Å². The number of amides is 5. The molecule has 0 bridgehead atoms. The van der Waals surface area contributed by atoms with E-state index in [0.29, 0.717) is 13.0 Å². The first-order valence-corrected chi connectivity index (χ1v) is 15.5. The molecule has 6 atom stereocenters. The monoisotopic (exact) mass is 635 g/mol. The van der Waals surface area contributed by atoms with Crippen LogP contribution >= 0.6 is 0 Å². The second kappa shape index (κ2) is 14.6. The van der Waals surface area contributed by atoms with Gasteiger partial charge in [-0.1, -0.05) is 74.8 Å². The highest BCUT2D eigenvalue weighted by Gasteiger charge is 2.70. The molecule has 1 aliphatic heterocycles. The average Bonchev–Trinajstić information content (AvgIpc) is 3.26. The zero-order chi connectivity index (χ0) is 34.5. The molecule has 1 saturated heterocycles. The third kappa shape index (κ3) is 9.20. The number of hydrogen-bond acceptors (Lipinski definition) is 8. The fraction of sp³-hybridized carbons (Fsp3) is 0.750. The van der Waals surface area contributed by atoms with Gasteiger partial charge in [-0.3, -0.25) is 19.2 Å². The Morgan fingerprint density at radius 3 is 2.13 bits per heavy atom. The van der Waals surface area contributed by atoms with Gasteiger partial charge in [0.2, 0.25) is 17.6 Å². The molecule has 13 nitrogen and oxygen atoms in total. The van der Waals surface area contributed by atoms with Crippen LogP contribution in [0, 0.1) is 28.1 Å². The molecule has 1 aliphatic carbocycles. The molecule has 5 amide bonds. The van der Waals surface area contributed by atoms with Gasteiger partial charge in [-0.05, 0) is 34.5 Å². The normalized spacial score (nSPS) is 22.1. The number of ether oxygens (including phenoxy) is 2. The molecule has 4 N–H and O–H groups in total. The third-order valence-corrected chi connectivity index (χ3v) is 8.87. The van der Waals surface area contributed by atoms with Crippen LogP contribution in [0.3, 0.4) is 0 Å². The van der Waals surface area contributed by atoms with Gasteiger partial charge < -0.3 is 35.6 Å². The maximum Gasteiger partial charge on any atom is 0.508 e. The number of carbonyl (C=O) groups is 6. The molecule has 0 aromatic heterocycles. The van der Waals surface area contributed by atoms with E-state index in [1.54, 1.807) is 0 Å². The number of nitrogens with zero attached hydrogens (tertiary/aromatic N) is 1. The van der Waals surface area contributed by atoms with Crippen molar-refractivity contribution in [2.24, 2.45) is 28.1 Å². The van der Waals surface area contributed by atoms with Crippen LogP contribution in [0.15, 0.2) is 12.7 Å². The summed E-state index contributed by atoms with van der Waals surface area (Å²) in [7, 11) is 1.19. The molecule has 0 spiro atoms. The van der Waals surface area contributed by atoms with Crippen LogP contribution in [-0.2, 0) is 28.7 Å². The number of rotatable bonds is 13. The van der Waals surface area contributed by atoms with Gasteiger partial charge >= 0.3 is 12.2 Å². The Bertz CT molecular complexity index is 1160. The topological polar surface area (TPSA) is 172 Å². The first-order valence-electron chi connectivity index (χ1n) is 15.5. The summed E-state index contributed by atoms with van der Waals surface area (Å²) in [6, 6.07) is -4.20. The van der Waals surface area contributed by atoms with Crippen LogP contribution < -0.4 is 21.3 Å². The Labute approximate surface area is 267 Å². The van der Waals surface area contributed by atoms with Gasteiger partial charge in [0.25, 0.3) is 5.91 Å². The first-order chi connectivity index (χ1) is 20.7. The minimum Gasteiger partial charge on any atom is -0.438 e. The predicted octanol–water partition coefficient (Wildman–Crippen LogP) is 2.54. The van der Waals surface area contributed by atoms with Gasteiger partial charge in [-0.2, -0.15) is 0 Å². The number of piperidine rings is 1. The molecular weight excluding hydrogens is 582 g/mol. The molecule has 1 saturated carbocycles. The smallest absolute Gasteiger partial charge is 0.438 e. The number of methoxy groups -OCH3 is 1. The molecule has 0 radical (unpaired) electrons. The van der Waals surface area contributed by atoms with E-state index in [-0.39, 0.29) is 36.8 Å². The van der Waals surface area contributed by atoms with Crippen LogP contribution in [0.5, 0.6) is 0 Å². The van der Waals surface area contributed by atoms with Crippen molar-refractivity contribution in [1.29, 1.82) is 0 Å². The van der Waals surface area contributed by atoms with Crippen molar-refractivity contribution in [1.82, 2.24) is 26.2 Å². The van der Waals surface area contributed by atoms with Crippen LogP contribution in [0.4, 0.5) is 9.59 Å². The van der Waals surface area contributed by atoms with Crippen molar-refractivity contribution in [3.63, 3.8) is 0 Å². The Balaban J connectivity index is 2.30. The van der Waals surface area contributed by atoms with E-state index in [4.69, 9.17) is 4.74 Å². The van der Waals surface area contributed by atoms with Gasteiger partial charge in [0.15, 0.2) is 0 Å². The Kier molecular flexibility index (Phi) is 12.2. The summed E-state index contributed by atoms with van der Waals surface area (Å²) < 4.78 is 9.62. The summed E-state index contributed by atoms with van der Waals surface area (Å²) in [6.45, 7) is 20.8. The highest BCUT2D eigenvalue weighted by molar-refractivity contribution is 6.38. The van der Waals surface area contributed by atoms with Gasteiger partial charge in [0, 0.05) is 13.1 Å². The number of carbonyl (C=O) groups excluding carboxylic acids is 6. The number of Topliss-reactive ketones (excluding diaryl/α,β-unsaturated/α-hetero) is 1. The molecule has 0 aromatic carbocycles. The zero-order valence-corrected chi connectivity index (χ0v) is 28.5. The van der Waals surface area contributed by atoms with E-state index in [2.05, 4.69) is 32.6 Å². The van der Waals surface area contributed by atoms with Crippen molar-refractivity contribution in [3.8, 4) is 0 Å². The molecule has 254 valence electrons. The molecule has 2 aliphatic rings. The molecule has 45 heavy (non-hydrogen) atoms. The predicted molar refractivity (Wildman–Crippen MR) is 168 cm³/mol. The van der Waals surface area contributed by atoms with Crippen molar-refractivity contribution < 1.29 is 38.2 Å². The fourth-order valence-electron chi connectivity index (χ4n) is 5.90. The van der Waals surface area contributed by atoms with Crippen LogP contribution in [-0.4, -0.2) is 91.6 Å². The van der Waals surface area contributed by atoms with Gasteiger partial charge in [-0.25, -0.2) is 9.59 Å². The summed E-state index contributed by atoms with van der Waals surface area (Å²) in [5, 5.41) is 10.8. The minimum absolute atomic E-state index is 0.0589. The summed E-state index contributed by atoms with van der Waals surface area (Å²) >= 11 is 0. The fourth-order valence-corrected chi connectivity index (χ4v) is 5.90. The largest absolute Gasteiger partial charge is 0.508 e.